The number of rotatable bonds is 11. The number of methoxy groups -OCH3 is 4. The molecule has 2 aromatic carbocycles. The highest BCUT2D eigenvalue weighted by Gasteiger charge is 2.39. The molecule has 2 rings (SSSR count). The lowest BCUT2D eigenvalue weighted by molar-refractivity contribution is 0.149. The fourth-order valence-electron chi connectivity index (χ4n) is 2.94. The average molecular weight is 475 g/mol. The Hall–Kier alpha value is -2.64. The lowest BCUT2D eigenvalue weighted by Gasteiger charge is -2.36. The zero-order valence-electron chi connectivity index (χ0n) is 21.4. The second-order valence-electron chi connectivity index (χ2n) is 9.22. The summed E-state index contributed by atoms with van der Waals surface area (Å²) in [5, 5.41) is 0.115. The molecule has 0 fully saturated rings. The van der Waals surface area contributed by atoms with Gasteiger partial charge in [-0.1, -0.05) is 39.0 Å². The SMILES string of the molecule is COc1cc(COC/C=C/c2cc(OC)c(OC)c(OC)c2)ccc1O[Si](C)(C)C(C)(C)C. The van der Waals surface area contributed by atoms with Crippen LogP contribution in [0.25, 0.3) is 6.08 Å². The highest BCUT2D eigenvalue weighted by molar-refractivity contribution is 6.74. The number of benzene rings is 2. The topological polar surface area (TPSA) is 55.4 Å². The molecule has 0 bridgehead atoms. The van der Waals surface area contributed by atoms with Gasteiger partial charge in [0.05, 0.1) is 41.7 Å². The summed E-state index contributed by atoms with van der Waals surface area (Å²) in [6.07, 6.45) is 3.91. The minimum atomic E-state index is -1.95. The summed E-state index contributed by atoms with van der Waals surface area (Å²) in [4.78, 5) is 0. The van der Waals surface area contributed by atoms with Gasteiger partial charge in [0.2, 0.25) is 5.75 Å². The van der Waals surface area contributed by atoms with Gasteiger partial charge in [0.25, 0.3) is 8.32 Å². The largest absolute Gasteiger partial charge is 0.541 e. The second-order valence-corrected chi connectivity index (χ2v) is 13.9. The summed E-state index contributed by atoms with van der Waals surface area (Å²) in [6, 6.07) is 9.76. The van der Waals surface area contributed by atoms with Gasteiger partial charge in [0.15, 0.2) is 17.2 Å². The maximum atomic E-state index is 6.42. The van der Waals surface area contributed by atoms with Crippen LogP contribution in [-0.4, -0.2) is 43.4 Å². The molecule has 182 valence electrons. The van der Waals surface area contributed by atoms with Gasteiger partial charge in [-0.15, -0.1) is 0 Å². The molecule has 0 heterocycles. The fraction of sp³-hybridized carbons (Fsp3) is 0.462. The van der Waals surface area contributed by atoms with Gasteiger partial charge < -0.3 is 28.1 Å². The first kappa shape index (κ1) is 26.6. The summed E-state index contributed by atoms with van der Waals surface area (Å²) in [6.45, 7) is 12.0. The number of hydrogen-bond donors (Lipinski definition) is 0. The maximum absolute atomic E-state index is 6.42. The van der Waals surface area contributed by atoms with Crippen LogP contribution in [0.2, 0.25) is 18.1 Å². The van der Waals surface area contributed by atoms with Crippen molar-refractivity contribution in [1.82, 2.24) is 0 Å². The van der Waals surface area contributed by atoms with Crippen LogP contribution in [0.15, 0.2) is 36.4 Å². The van der Waals surface area contributed by atoms with Crippen molar-refractivity contribution in [3.05, 3.63) is 47.5 Å². The van der Waals surface area contributed by atoms with E-state index in [0.29, 0.717) is 30.5 Å². The van der Waals surface area contributed by atoms with E-state index in [9.17, 15) is 0 Å². The normalized spacial score (nSPS) is 12.0. The molecule has 0 N–H and O–H groups in total. The Labute approximate surface area is 199 Å². The predicted octanol–water partition coefficient (Wildman–Crippen LogP) is 6.34. The first-order valence-corrected chi connectivity index (χ1v) is 13.9. The zero-order chi connectivity index (χ0) is 24.6. The third-order valence-corrected chi connectivity index (χ3v) is 10.2. The van der Waals surface area contributed by atoms with Crippen molar-refractivity contribution in [3.8, 4) is 28.7 Å². The van der Waals surface area contributed by atoms with E-state index in [1.807, 2.05) is 42.5 Å². The van der Waals surface area contributed by atoms with E-state index in [0.717, 1.165) is 22.6 Å². The molecule has 33 heavy (non-hydrogen) atoms. The van der Waals surface area contributed by atoms with Gasteiger partial charge in [-0.25, -0.2) is 0 Å². The molecule has 0 aliphatic heterocycles. The van der Waals surface area contributed by atoms with Gasteiger partial charge in [0, 0.05) is 0 Å². The molecule has 0 spiro atoms. The third-order valence-electron chi connectivity index (χ3n) is 5.88. The Balaban J connectivity index is 2.00. The predicted molar refractivity (Wildman–Crippen MR) is 136 cm³/mol. The molecule has 0 saturated carbocycles. The third kappa shape index (κ3) is 6.92. The molecule has 0 aliphatic rings. The average Bonchev–Trinajstić information content (AvgIpc) is 2.77. The zero-order valence-corrected chi connectivity index (χ0v) is 22.4. The molecule has 2 aromatic rings. The van der Waals surface area contributed by atoms with E-state index in [1.165, 1.54) is 0 Å². The van der Waals surface area contributed by atoms with Gasteiger partial charge in [-0.05, 0) is 53.5 Å². The van der Waals surface area contributed by atoms with Gasteiger partial charge in [0.1, 0.15) is 5.75 Å². The Morgan fingerprint density at radius 2 is 1.39 bits per heavy atom. The van der Waals surface area contributed by atoms with Gasteiger partial charge in [-0.3, -0.25) is 0 Å². The van der Waals surface area contributed by atoms with Crippen molar-refractivity contribution in [2.75, 3.05) is 35.0 Å². The van der Waals surface area contributed by atoms with Crippen LogP contribution < -0.4 is 23.4 Å². The maximum Gasteiger partial charge on any atom is 0.250 e. The molecular formula is C26H38O6Si. The Morgan fingerprint density at radius 3 is 1.91 bits per heavy atom. The fourth-order valence-corrected chi connectivity index (χ4v) is 3.97. The number of hydrogen-bond acceptors (Lipinski definition) is 6. The smallest absolute Gasteiger partial charge is 0.250 e. The van der Waals surface area contributed by atoms with Crippen molar-refractivity contribution < 1.29 is 28.1 Å². The van der Waals surface area contributed by atoms with Crippen LogP contribution in [0.5, 0.6) is 28.7 Å². The highest BCUT2D eigenvalue weighted by atomic mass is 28.4. The molecule has 0 unspecified atom stereocenters. The van der Waals surface area contributed by atoms with E-state index >= 15 is 0 Å². The van der Waals surface area contributed by atoms with E-state index in [2.05, 4.69) is 33.9 Å². The van der Waals surface area contributed by atoms with E-state index in [-0.39, 0.29) is 5.04 Å². The molecule has 0 amide bonds. The quantitative estimate of drug-likeness (QED) is 0.280. The van der Waals surface area contributed by atoms with Crippen LogP contribution in [0, 0.1) is 0 Å². The van der Waals surface area contributed by atoms with Crippen LogP contribution >= 0.6 is 0 Å². The molecule has 0 atom stereocenters. The van der Waals surface area contributed by atoms with Gasteiger partial charge >= 0.3 is 0 Å². The van der Waals surface area contributed by atoms with Crippen molar-refractivity contribution in [3.63, 3.8) is 0 Å². The van der Waals surface area contributed by atoms with E-state index < -0.39 is 8.32 Å². The molecule has 0 saturated heterocycles. The van der Waals surface area contributed by atoms with Crippen LogP contribution in [-0.2, 0) is 11.3 Å². The number of ether oxygens (including phenoxy) is 5. The van der Waals surface area contributed by atoms with Crippen LogP contribution in [0.4, 0.5) is 0 Å². The summed E-state index contributed by atoms with van der Waals surface area (Å²) in [5.74, 6) is 3.32. The summed E-state index contributed by atoms with van der Waals surface area (Å²) in [7, 11) is 4.51. The van der Waals surface area contributed by atoms with E-state index in [1.54, 1.807) is 28.4 Å². The lowest BCUT2D eigenvalue weighted by atomic mass is 10.1. The monoisotopic (exact) mass is 474 g/mol. The summed E-state index contributed by atoms with van der Waals surface area (Å²) in [5.41, 5.74) is 1.96. The van der Waals surface area contributed by atoms with E-state index in [4.69, 9.17) is 28.1 Å². The summed E-state index contributed by atoms with van der Waals surface area (Å²) >= 11 is 0. The standard InChI is InChI=1S/C26H38O6Si/c1-26(2,3)33(8,9)32-21-13-12-20(17-22(21)27-4)18-31-14-10-11-19-15-23(28-5)25(30-7)24(16-19)29-6/h10-13,15-17H,14,18H2,1-9H3/b11-10+. The molecule has 0 aliphatic carbocycles. The first-order chi connectivity index (χ1) is 15.6. The van der Waals surface area contributed by atoms with Gasteiger partial charge in [-0.2, -0.15) is 0 Å². The first-order valence-electron chi connectivity index (χ1n) is 11.0. The highest BCUT2D eigenvalue weighted by Crippen LogP contribution is 2.40. The van der Waals surface area contributed by atoms with Crippen LogP contribution in [0.1, 0.15) is 31.9 Å². The molecule has 6 nitrogen and oxygen atoms in total. The Bertz CT molecular complexity index is 921. The second kappa shape index (κ2) is 11.5. The van der Waals surface area contributed by atoms with Crippen molar-refractivity contribution in [2.45, 2.75) is 45.5 Å². The Morgan fingerprint density at radius 1 is 0.788 bits per heavy atom. The summed E-state index contributed by atoms with van der Waals surface area (Å²) < 4.78 is 34.0. The minimum absolute atomic E-state index is 0.115. The van der Waals surface area contributed by atoms with Crippen molar-refractivity contribution in [2.24, 2.45) is 0 Å². The lowest BCUT2D eigenvalue weighted by Crippen LogP contribution is -2.43. The van der Waals surface area contributed by atoms with Crippen molar-refractivity contribution >= 4 is 14.4 Å². The molecular weight excluding hydrogens is 436 g/mol. The van der Waals surface area contributed by atoms with Crippen LogP contribution in [0.3, 0.4) is 0 Å². The molecule has 0 aromatic heterocycles. The Kier molecular flexibility index (Phi) is 9.25. The molecule has 7 heteroatoms. The molecule has 0 radical (unpaired) electrons. The van der Waals surface area contributed by atoms with Crippen molar-refractivity contribution in [1.29, 1.82) is 0 Å². The minimum Gasteiger partial charge on any atom is -0.541 e.